The summed E-state index contributed by atoms with van der Waals surface area (Å²) >= 11 is 2.55. The molecule has 0 bridgehead atoms. The monoisotopic (exact) mass is 674 g/mol. The van der Waals surface area contributed by atoms with Crippen LogP contribution in [0.2, 0.25) is 0 Å². The van der Waals surface area contributed by atoms with Crippen LogP contribution in [-0.4, -0.2) is 43.2 Å². The van der Waals surface area contributed by atoms with E-state index in [0.29, 0.717) is 12.8 Å². The number of hydrogen-bond acceptors (Lipinski definition) is 5. The van der Waals surface area contributed by atoms with Crippen molar-refractivity contribution in [1.29, 1.82) is 5.26 Å². The standard InChI is InChI=1S/C24H16BrF9N4O4/c25-14-7-12(22(28,23(29,30)31)24(32,33)34)8-15(42-20(26)27)16(14)38-17(39)11-2-1-3-13(6-11)37-19(41)18(40)36-10-21(9-35)4-5-21/h1-3,6-8,20H,4-5,10H2,(H,36,40)(H,37,41)(H,38,39). The fourth-order valence-electron chi connectivity index (χ4n) is 3.50. The van der Waals surface area contributed by atoms with Crippen LogP contribution in [0, 0.1) is 16.7 Å². The highest BCUT2D eigenvalue weighted by atomic mass is 79.9. The summed E-state index contributed by atoms with van der Waals surface area (Å²) < 4.78 is 123. The second kappa shape index (κ2) is 11.7. The molecule has 42 heavy (non-hydrogen) atoms. The number of amides is 3. The van der Waals surface area contributed by atoms with E-state index >= 15 is 0 Å². The molecule has 3 rings (SSSR count). The average Bonchev–Trinajstić information content (AvgIpc) is 3.67. The molecule has 0 aliphatic heterocycles. The number of ether oxygens (including phenoxy) is 1. The number of nitrogens with zero attached hydrogens (tertiary/aromatic N) is 1. The lowest BCUT2D eigenvalue weighted by Gasteiger charge is -2.31. The van der Waals surface area contributed by atoms with Gasteiger partial charge in [-0.05, 0) is 59.1 Å². The molecule has 0 radical (unpaired) electrons. The number of benzene rings is 2. The van der Waals surface area contributed by atoms with Gasteiger partial charge in [0.05, 0.1) is 17.2 Å². The molecule has 0 heterocycles. The molecule has 0 saturated heterocycles. The molecule has 1 aliphatic rings. The van der Waals surface area contributed by atoms with Crippen LogP contribution in [0.3, 0.4) is 0 Å². The van der Waals surface area contributed by atoms with E-state index in [9.17, 15) is 53.9 Å². The van der Waals surface area contributed by atoms with Crippen molar-refractivity contribution in [3.05, 3.63) is 52.0 Å². The van der Waals surface area contributed by atoms with E-state index < -0.39 is 69.2 Å². The molecule has 0 atom stereocenters. The molecule has 226 valence electrons. The third kappa shape index (κ3) is 6.89. The number of alkyl halides is 9. The van der Waals surface area contributed by atoms with Gasteiger partial charge >= 0.3 is 36.4 Å². The van der Waals surface area contributed by atoms with Crippen molar-refractivity contribution in [2.75, 3.05) is 17.2 Å². The van der Waals surface area contributed by atoms with Crippen molar-refractivity contribution in [1.82, 2.24) is 5.32 Å². The highest BCUT2D eigenvalue weighted by Crippen LogP contribution is 2.55. The minimum Gasteiger partial charge on any atom is -0.433 e. The highest BCUT2D eigenvalue weighted by molar-refractivity contribution is 9.10. The number of carbonyl (C=O) groups is 3. The predicted molar refractivity (Wildman–Crippen MR) is 129 cm³/mol. The van der Waals surface area contributed by atoms with Crippen molar-refractivity contribution >= 4 is 45.0 Å². The molecule has 1 saturated carbocycles. The maximum Gasteiger partial charge on any atom is 0.435 e. The summed E-state index contributed by atoms with van der Waals surface area (Å²) in [6.45, 7) is -3.88. The third-order valence-electron chi connectivity index (χ3n) is 5.95. The van der Waals surface area contributed by atoms with Gasteiger partial charge in [-0.1, -0.05) is 6.07 Å². The lowest BCUT2D eigenvalue weighted by molar-refractivity contribution is -0.348. The van der Waals surface area contributed by atoms with Gasteiger partial charge < -0.3 is 20.7 Å². The van der Waals surface area contributed by atoms with E-state index in [0.717, 1.165) is 12.1 Å². The van der Waals surface area contributed by atoms with Gasteiger partial charge in [-0.25, -0.2) is 4.39 Å². The summed E-state index contributed by atoms with van der Waals surface area (Å²) in [7, 11) is 0. The lowest BCUT2D eigenvalue weighted by atomic mass is 9.93. The zero-order valence-electron chi connectivity index (χ0n) is 20.5. The molecule has 0 aromatic heterocycles. The fraction of sp³-hybridized carbons (Fsp3) is 0.333. The Morgan fingerprint density at radius 1 is 0.976 bits per heavy atom. The number of hydrogen-bond donors (Lipinski definition) is 3. The topological polar surface area (TPSA) is 120 Å². The number of halogens is 10. The van der Waals surface area contributed by atoms with E-state index in [1.807, 2.05) is 11.4 Å². The zero-order valence-corrected chi connectivity index (χ0v) is 22.1. The second-order valence-corrected chi connectivity index (χ2v) is 9.78. The summed E-state index contributed by atoms with van der Waals surface area (Å²) in [6.07, 6.45) is -12.0. The summed E-state index contributed by atoms with van der Waals surface area (Å²) in [4.78, 5) is 37.0. The first-order valence-electron chi connectivity index (χ1n) is 11.4. The Kier molecular flexibility index (Phi) is 9.06. The normalized spacial score (nSPS) is 14.5. The van der Waals surface area contributed by atoms with E-state index in [1.54, 1.807) is 0 Å². The van der Waals surface area contributed by atoms with Crippen LogP contribution in [0.5, 0.6) is 5.75 Å². The Hall–Kier alpha value is -4.01. The van der Waals surface area contributed by atoms with Crippen molar-refractivity contribution in [3.8, 4) is 11.8 Å². The first-order chi connectivity index (χ1) is 19.3. The van der Waals surface area contributed by atoms with Gasteiger partial charge in [0.1, 0.15) is 0 Å². The van der Waals surface area contributed by atoms with Gasteiger partial charge in [-0.2, -0.15) is 40.4 Å². The van der Waals surface area contributed by atoms with Crippen LogP contribution < -0.4 is 20.7 Å². The van der Waals surface area contributed by atoms with Gasteiger partial charge in [0.25, 0.3) is 5.91 Å². The van der Waals surface area contributed by atoms with E-state index in [1.165, 1.54) is 12.1 Å². The first kappa shape index (κ1) is 32.5. The Labute approximate surface area is 238 Å². The van der Waals surface area contributed by atoms with Crippen LogP contribution >= 0.6 is 15.9 Å². The van der Waals surface area contributed by atoms with Gasteiger partial charge in [0.15, 0.2) is 5.75 Å². The van der Waals surface area contributed by atoms with Crippen molar-refractivity contribution < 1.29 is 58.6 Å². The molecule has 3 N–H and O–H groups in total. The minimum absolute atomic E-state index is 0.0116. The molecule has 2 aromatic rings. The van der Waals surface area contributed by atoms with Gasteiger partial charge in [0.2, 0.25) is 0 Å². The fourth-order valence-corrected chi connectivity index (χ4v) is 4.04. The maximum atomic E-state index is 14.5. The molecule has 0 unspecified atom stereocenters. The van der Waals surface area contributed by atoms with Gasteiger partial charge in [-0.15, -0.1) is 0 Å². The number of carbonyl (C=O) groups excluding carboxylic acids is 3. The van der Waals surface area contributed by atoms with E-state index in [2.05, 4.69) is 31.3 Å². The molecule has 8 nitrogen and oxygen atoms in total. The molecule has 0 spiro atoms. The van der Waals surface area contributed by atoms with Crippen LogP contribution in [0.15, 0.2) is 40.9 Å². The maximum absolute atomic E-state index is 14.5. The summed E-state index contributed by atoms with van der Waals surface area (Å²) in [5, 5.41) is 15.4. The van der Waals surface area contributed by atoms with Gasteiger partial charge in [-0.3, -0.25) is 14.4 Å². The van der Waals surface area contributed by atoms with Crippen molar-refractivity contribution in [3.63, 3.8) is 0 Å². The lowest BCUT2D eigenvalue weighted by Crippen LogP contribution is -2.50. The molecule has 1 aliphatic carbocycles. The second-order valence-electron chi connectivity index (χ2n) is 8.93. The number of anilines is 2. The predicted octanol–water partition coefficient (Wildman–Crippen LogP) is 5.95. The summed E-state index contributed by atoms with van der Waals surface area (Å²) in [5.74, 6) is -4.89. The Morgan fingerprint density at radius 2 is 1.60 bits per heavy atom. The van der Waals surface area contributed by atoms with E-state index in [-0.39, 0.29) is 29.9 Å². The largest absolute Gasteiger partial charge is 0.435 e. The molecule has 18 heteroatoms. The molecule has 3 amide bonds. The molecule has 1 fully saturated rings. The Bertz CT molecular complexity index is 1420. The van der Waals surface area contributed by atoms with Crippen molar-refractivity contribution in [2.24, 2.45) is 5.41 Å². The number of nitriles is 1. The number of nitrogens with one attached hydrogen (secondary N) is 3. The highest BCUT2D eigenvalue weighted by Gasteiger charge is 2.73. The van der Waals surface area contributed by atoms with Gasteiger partial charge in [0, 0.05) is 27.8 Å². The molecular formula is C24H16BrF9N4O4. The van der Waals surface area contributed by atoms with E-state index in [4.69, 9.17) is 5.26 Å². The van der Waals surface area contributed by atoms with Crippen LogP contribution in [-0.2, 0) is 15.3 Å². The third-order valence-corrected chi connectivity index (χ3v) is 6.58. The minimum atomic E-state index is -6.56. The van der Waals surface area contributed by atoms with Crippen molar-refractivity contribution in [2.45, 2.75) is 37.5 Å². The SMILES string of the molecule is N#CC1(CNC(=O)C(=O)Nc2cccc(C(=O)Nc3c(Br)cc(C(F)(C(F)(F)F)C(F)(F)F)cc3OC(F)F)c2)CC1. The van der Waals surface area contributed by atoms with Crippen LogP contribution in [0.1, 0.15) is 28.8 Å². The summed E-state index contributed by atoms with van der Waals surface area (Å²) in [6, 6.07) is 6.28. The average molecular weight is 675 g/mol. The summed E-state index contributed by atoms with van der Waals surface area (Å²) in [5.41, 5.74) is -10.2. The smallest absolute Gasteiger partial charge is 0.433 e. The van der Waals surface area contributed by atoms with Crippen LogP contribution in [0.4, 0.5) is 50.9 Å². The Balaban J connectivity index is 1.86. The zero-order chi connectivity index (χ0) is 31.7. The Morgan fingerprint density at radius 3 is 2.12 bits per heavy atom. The molecular weight excluding hydrogens is 659 g/mol. The molecule has 2 aromatic carbocycles. The van der Waals surface area contributed by atoms with Crippen LogP contribution in [0.25, 0.3) is 0 Å². The quantitative estimate of drug-likeness (QED) is 0.236. The first-order valence-corrected chi connectivity index (χ1v) is 12.2. The number of rotatable bonds is 8.